The number of ether oxygens (including phenoxy) is 1. The van der Waals surface area contributed by atoms with E-state index in [-0.39, 0.29) is 0 Å². The van der Waals surface area contributed by atoms with Gasteiger partial charge >= 0.3 is 0 Å². The lowest BCUT2D eigenvalue weighted by molar-refractivity contribution is 0.0721. The maximum atomic E-state index is 12.8. The quantitative estimate of drug-likeness (QED) is 0.530. The number of nitrogens with two attached hydrogens (primary N) is 1. The Balaban J connectivity index is 2.84. The summed E-state index contributed by atoms with van der Waals surface area (Å²) in [5.74, 6) is 0. The molecule has 2 N–H and O–H groups in total. The summed E-state index contributed by atoms with van der Waals surface area (Å²) >= 11 is 0. The summed E-state index contributed by atoms with van der Waals surface area (Å²) in [5, 5.41) is 4.12. The summed E-state index contributed by atoms with van der Waals surface area (Å²) in [7, 11) is 7.16. The highest BCUT2D eigenvalue weighted by atomic mass is 19.1. The molecule has 0 saturated heterocycles. The smallest absolute Gasteiger partial charge is 0.107 e. The molecule has 0 amide bonds. The van der Waals surface area contributed by atoms with E-state index in [0.29, 0.717) is 0 Å². The number of nitrogens with zero attached hydrogens (tertiary/aromatic N) is 2. The van der Waals surface area contributed by atoms with Crippen molar-refractivity contribution >= 4 is 5.71 Å². The van der Waals surface area contributed by atoms with E-state index in [4.69, 9.17) is 15.3 Å². The molecule has 1 rings (SSSR count). The van der Waals surface area contributed by atoms with Crippen LogP contribution in [0.25, 0.3) is 0 Å². The zero-order chi connectivity index (χ0) is 17.2. The van der Waals surface area contributed by atoms with Crippen LogP contribution < -0.4 is 5.73 Å². The number of methoxy groups -OCH3 is 1. The summed E-state index contributed by atoms with van der Waals surface area (Å²) in [5.41, 5.74) is 8.48. The Morgan fingerprint density at radius 3 is 2.39 bits per heavy atom. The molecule has 0 spiro atoms. The van der Waals surface area contributed by atoms with E-state index < -0.39 is 18.8 Å². The molecule has 130 valence electrons. The molecule has 0 fully saturated rings. The van der Waals surface area contributed by atoms with Gasteiger partial charge in [0, 0.05) is 7.11 Å². The largest absolute Gasteiger partial charge is 0.399 e. The van der Waals surface area contributed by atoms with Gasteiger partial charge in [-0.05, 0) is 44.6 Å². The van der Waals surface area contributed by atoms with E-state index in [2.05, 4.69) is 10.1 Å². The topological polar surface area (TPSA) is 60.1 Å². The van der Waals surface area contributed by atoms with Gasteiger partial charge < -0.3 is 20.2 Å². The van der Waals surface area contributed by atoms with Gasteiger partial charge in [-0.15, -0.1) is 0 Å². The lowest BCUT2D eigenvalue weighted by Gasteiger charge is -2.20. The predicted molar refractivity (Wildman–Crippen MR) is 91.5 cm³/mol. The fraction of sp³-hybridized carbons (Fsp3) is 0.588. The summed E-state index contributed by atoms with van der Waals surface area (Å²) in [6, 6.07) is 7.02. The standard InChI is InChI=1S/C17H28FN3O2/c1-21(2)11-5-6-16(20-23-4)13-7-9-14(10-8-13)17(22-3)15(19)12-18/h7-10,15,17H,5-6,11-12,19H2,1-4H3/b20-16+. The Morgan fingerprint density at radius 1 is 1.26 bits per heavy atom. The van der Waals surface area contributed by atoms with Crippen LogP contribution in [-0.2, 0) is 9.57 Å². The molecule has 2 unspecified atom stereocenters. The van der Waals surface area contributed by atoms with Gasteiger partial charge in [0.1, 0.15) is 13.8 Å². The van der Waals surface area contributed by atoms with Crippen molar-refractivity contribution < 1.29 is 14.0 Å². The monoisotopic (exact) mass is 325 g/mol. The van der Waals surface area contributed by atoms with E-state index >= 15 is 0 Å². The first-order valence-electron chi connectivity index (χ1n) is 7.72. The first-order valence-corrected chi connectivity index (χ1v) is 7.72. The molecule has 0 aromatic heterocycles. The van der Waals surface area contributed by atoms with Gasteiger partial charge in [-0.25, -0.2) is 4.39 Å². The number of hydrogen-bond donors (Lipinski definition) is 1. The second-order valence-corrected chi connectivity index (χ2v) is 5.72. The molecule has 0 aliphatic rings. The summed E-state index contributed by atoms with van der Waals surface area (Å²) in [4.78, 5) is 7.08. The van der Waals surface area contributed by atoms with E-state index in [0.717, 1.165) is 36.2 Å². The Bertz CT molecular complexity index is 477. The van der Waals surface area contributed by atoms with Crippen molar-refractivity contribution in [2.75, 3.05) is 41.5 Å². The van der Waals surface area contributed by atoms with E-state index in [1.54, 1.807) is 7.11 Å². The highest BCUT2D eigenvalue weighted by molar-refractivity contribution is 6.00. The molecule has 0 radical (unpaired) electrons. The van der Waals surface area contributed by atoms with E-state index in [9.17, 15) is 4.39 Å². The highest BCUT2D eigenvalue weighted by Gasteiger charge is 2.19. The summed E-state index contributed by atoms with van der Waals surface area (Å²) in [6.07, 6.45) is 1.36. The van der Waals surface area contributed by atoms with Crippen LogP contribution in [0.4, 0.5) is 4.39 Å². The fourth-order valence-corrected chi connectivity index (χ4v) is 2.42. The lowest BCUT2D eigenvalue weighted by Crippen LogP contribution is -2.31. The minimum Gasteiger partial charge on any atom is -0.399 e. The van der Waals surface area contributed by atoms with Crippen molar-refractivity contribution in [3.63, 3.8) is 0 Å². The van der Waals surface area contributed by atoms with Crippen molar-refractivity contribution in [3.05, 3.63) is 35.4 Å². The van der Waals surface area contributed by atoms with Gasteiger partial charge in [0.15, 0.2) is 0 Å². The van der Waals surface area contributed by atoms with E-state index in [1.165, 1.54) is 7.11 Å². The molecule has 0 saturated carbocycles. The zero-order valence-corrected chi connectivity index (χ0v) is 14.5. The molecule has 0 aliphatic carbocycles. The number of rotatable bonds is 10. The molecule has 0 bridgehead atoms. The average Bonchev–Trinajstić information content (AvgIpc) is 2.55. The maximum absolute atomic E-state index is 12.8. The van der Waals surface area contributed by atoms with Crippen LogP contribution >= 0.6 is 0 Å². The molecule has 1 aromatic rings. The van der Waals surface area contributed by atoms with Crippen molar-refractivity contribution in [2.45, 2.75) is 25.0 Å². The molecule has 5 nitrogen and oxygen atoms in total. The molecule has 2 atom stereocenters. The maximum Gasteiger partial charge on any atom is 0.107 e. The molecular weight excluding hydrogens is 297 g/mol. The van der Waals surface area contributed by atoms with Crippen LogP contribution in [-0.4, -0.2) is 58.2 Å². The third-order valence-corrected chi connectivity index (χ3v) is 3.61. The third kappa shape index (κ3) is 6.25. The third-order valence-electron chi connectivity index (χ3n) is 3.61. The summed E-state index contributed by atoms with van der Waals surface area (Å²) in [6.45, 7) is 0.360. The zero-order valence-electron chi connectivity index (χ0n) is 14.5. The fourth-order valence-electron chi connectivity index (χ4n) is 2.42. The first kappa shape index (κ1) is 19.5. The number of halogens is 1. The van der Waals surface area contributed by atoms with Crippen molar-refractivity contribution in [1.82, 2.24) is 4.90 Å². The van der Waals surface area contributed by atoms with Crippen LogP contribution in [0.2, 0.25) is 0 Å². The minimum atomic E-state index is -0.668. The molecule has 6 heteroatoms. The van der Waals surface area contributed by atoms with Crippen LogP contribution in [0.15, 0.2) is 29.4 Å². The predicted octanol–water partition coefficient (Wildman–Crippen LogP) is 2.36. The van der Waals surface area contributed by atoms with Crippen LogP contribution in [0.1, 0.15) is 30.1 Å². The number of oxime groups is 1. The SMILES string of the molecule is CO/N=C(\CCCN(C)C)c1ccc(C(OC)C(N)CF)cc1. The average molecular weight is 325 g/mol. The first-order chi connectivity index (χ1) is 11.0. The van der Waals surface area contributed by atoms with Gasteiger partial charge in [0.2, 0.25) is 0 Å². The molecule has 1 aromatic carbocycles. The van der Waals surface area contributed by atoms with Crippen molar-refractivity contribution in [2.24, 2.45) is 10.9 Å². The number of alkyl halides is 1. The van der Waals surface area contributed by atoms with E-state index in [1.807, 2.05) is 38.4 Å². The lowest BCUT2D eigenvalue weighted by atomic mass is 9.99. The summed E-state index contributed by atoms with van der Waals surface area (Å²) < 4.78 is 18.1. The molecule has 0 aliphatic heterocycles. The Kier molecular flexibility index (Phi) is 8.76. The van der Waals surface area contributed by atoms with Gasteiger partial charge in [0.05, 0.1) is 17.9 Å². The van der Waals surface area contributed by atoms with Gasteiger partial charge in [-0.3, -0.25) is 0 Å². The number of hydrogen-bond acceptors (Lipinski definition) is 5. The second kappa shape index (κ2) is 10.3. The normalized spacial score (nSPS) is 14.8. The Morgan fingerprint density at radius 2 is 1.91 bits per heavy atom. The van der Waals surface area contributed by atoms with Crippen LogP contribution in [0.5, 0.6) is 0 Å². The van der Waals surface area contributed by atoms with Gasteiger partial charge in [0.25, 0.3) is 0 Å². The van der Waals surface area contributed by atoms with Crippen molar-refractivity contribution in [1.29, 1.82) is 0 Å². The molecule has 23 heavy (non-hydrogen) atoms. The van der Waals surface area contributed by atoms with Crippen LogP contribution in [0, 0.1) is 0 Å². The minimum absolute atomic E-state index is 0.453. The highest BCUT2D eigenvalue weighted by Crippen LogP contribution is 2.21. The Labute approximate surface area is 138 Å². The number of benzene rings is 1. The van der Waals surface area contributed by atoms with Crippen molar-refractivity contribution in [3.8, 4) is 0 Å². The van der Waals surface area contributed by atoms with Gasteiger partial charge in [-0.1, -0.05) is 29.4 Å². The molecular formula is C17H28FN3O2. The molecule has 0 heterocycles. The Hall–Kier alpha value is -1.50. The van der Waals surface area contributed by atoms with Gasteiger partial charge in [-0.2, -0.15) is 0 Å². The van der Waals surface area contributed by atoms with Crippen LogP contribution in [0.3, 0.4) is 0 Å². The second-order valence-electron chi connectivity index (χ2n) is 5.72.